The van der Waals surface area contributed by atoms with Gasteiger partial charge in [-0.25, -0.2) is 17.9 Å². The number of aromatic amines is 1. The van der Waals surface area contributed by atoms with Crippen molar-refractivity contribution in [3.63, 3.8) is 0 Å². The van der Waals surface area contributed by atoms with Gasteiger partial charge in [0.15, 0.2) is 5.03 Å². The second-order valence-corrected chi connectivity index (χ2v) is 6.65. The van der Waals surface area contributed by atoms with Crippen LogP contribution < -0.4 is 4.72 Å². The van der Waals surface area contributed by atoms with E-state index in [1.807, 2.05) is 0 Å². The van der Waals surface area contributed by atoms with Gasteiger partial charge in [-0.3, -0.25) is 5.10 Å². The van der Waals surface area contributed by atoms with Gasteiger partial charge in [0, 0.05) is 6.04 Å². The van der Waals surface area contributed by atoms with Crippen LogP contribution in [0.4, 0.5) is 0 Å². The van der Waals surface area contributed by atoms with E-state index in [0.29, 0.717) is 5.92 Å². The summed E-state index contributed by atoms with van der Waals surface area (Å²) >= 11 is 0. The average Bonchev–Trinajstić information content (AvgIpc) is 2.82. The van der Waals surface area contributed by atoms with Gasteiger partial charge in [0.1, 0.15) is 5.56 Å². The van der Waals surface area contributed by atoms with E-state index >= 15 is 0 Å². The molecule has 106 valence electrons. The molecule has 1 heterocycles. The Balaban J connectivity index is 2.14. The first kappa shape index (κ1) is 14.0. The average molecular weight is 287 g/mol. The number of aromatic carboxylic acids is 1. The molecule has 1 aliphatic rings. The highest BCUT2D eigenvalue weighted by atomic mass is 32.2. The Morgan fingerprint density at radius 2 is 2.05 bits per heavy atom. The lowest BCUT2D eigenvalue weighted by Crippen LogP contribution is -2.38. The summed E-state index contributed by atoms with van der Waals surface area (Å²) in [5.41, 5.74) is -0.336. The molecule has 2 rings (SSSR count). The normalized spacial score (nSPS) is 24.3. The fraction of sp³-hybridized carbons (Fsp3) is 0.636. The van der Waals surface area contributed by atoms with Crippen molar-refractivity contribution < 1.29 is 18.3 Å². The van der Waals surface area contributed by atoms with Crippen molar-refractivity contribution in [3.05, 3.63) is 11.8 Å². The lowest BCUT2D eigenvalue weighted by Gasteiger charge is -2.26. The fourth-order valence-corrected chi connectivity index (χ4v) is 3.68. The van der Waals surface area contributed by atoms with Gasteiger partial charge in [-0.2, -0.15) is 5.10 Å². The lowest BCUT2D eigenvalue weighted by atomic mass is 9.88. The van der Waals surface area contributed by atoms with Crippen LogP contribution in [-0.4, -0.2) is 35.7 Å². The van der Waals surface area contributed by atoms with Crippen LogP contribution in [0.15, 0.2) is 11.2 Å². The molecule has 0 saturated heterocycles. The summed E-state index contributed by atoms with van der Waals surface area (Å²) in [6, 6.07) is -0.133. The molecule has 0 bridgehead atoms. The number of nitrogens with zero attached hydrogens (tertiary/aromatic N) is 1. The zero-order valence-corrected chi connectivity index (χ0v) is 11.4. The number of hydrogen-bond donors (Lipinski definition) is 3. The van der Waals surface area contributed by atoms with E-state index in [2.05, 4.69) is 21.8 Å². The summed E-state index contributed by atoms with van der Waals surface area (Å²) < 4.78 is 26.8. The first-order valence-electron chi connectivity index (χ1n) is 6.19. The minimum Gasteiger partial charge on any atom is -0.478 e. The predicted octanol–water partition coefficient (Wildman–Crippen LogP) is 0.965. The number of sulfonamides is 1. The molecule has 1 aliphatic carbocycles. The maximum atomic E-state index is 12.1. The first-order valence-corrected chi connectivity index (χ1v) is 7.67. The van der Waals surface area contributed by atoms with E-state index in [-0.39, 0.29) is 16.6 Å². The molecular weight excluding hydrogens is 270 g/mol. The molecule has 1 aromatic rings. The molecular formula is C11H17N3O4S. The largest absolute Gasteiger partial charge is 0.478 e. The first-order chi connectivity index (χ1) is 8.90. The molecule has 0 radical (unpaired) electrons. The summed E-state index contributed by atoms with van der Waals surface area (Å²) in [6.07, 6.45) is 4.50. The van der Waals surface area contributed by atoms with Crippen LogP contribution in [0.5, 0.6) is 0 Å². The number of carboxylic acid groups (broad SMARTS) is 1. The van der Waals surface area contributed by atoms with E-state index in [4.69, 9.17) is 5.11 Å². The molecule has 19 heavy (non-hydrogen) atoms. The monoisotopic (exact) mass is 287 g/mol. The van der Waals surface area contributed by atoms with Crippen molar-refractivity contribution in [2.45, 2.75) is 43.7 Å². The van der Waals surface area contributed by atoms with Gasteiger partial charge in [-0.15, -0.1) is 0 Å². The third-order valence-corrected chi connectivity index (χ3v) is 4.93. The summed E-state index contributed by atoms with van der Waals surface area (Å²) in [7, 11) is -3.86. The van der Waals surface area contributed by atoms with Crippen LogP contribution in [-0.2, 0) is 10.0 Å². The number of H-pyrrole nitrogens is 1. The molecule has 7 nitrogen and oxygen atoms in total. The summed E-state index contributed by atoms with van der Waals surface area (Å²) in [5, 5.41) is 14.3. The Morgan fingerprint density at radius 1 is 1.42 bits per heavy atom. The number of rotatable bonds is 4. The molecule has 0 unspecified atom stereocenters. The Hall–Kier alpha value is -1.41. The SMILES string of the molecule is CC1CCC(NS(=O)(=O)c2[nH]ncc2C(=O)O)CC1. The van der Waals surface area contributed by atoms with Crippen molar-refractivity contribution in [1.82, 2.24) is 14.9 Å². The maximum absolute atomic E-state index is 12.1. The van der Waals surface area contributed by atoms with Gasteiger partial charge in [0.05, 0.1) is 6.20 Å². The minimum absolute atomic E-state index is 0.133. The molecule has 0 amide bonds. The molecule has 1 fully saturated rings. The zero-order valence-electron chi connectivity index (χ0n) is 10.6. The molecule has 1 saturated carbocycles. The number of carboxylic acids is 1. The van der Waals surface area contributed by atoms with Gasteiger partial charge in [0.2, 0.25) is 0 Å². The van der Waals surface area contributed by atoms with Crippen LogP contribution >= 0.6 is 0 Å². The molecule has 0 aliphatic heterocycles. The minimum atomic E-state index is -3.86. The topological polar surface area (TPSA) is 112 Å². The van der Waals surface area contributed by atoms with E-state index in [0.717, 1.165) is 31.9 Å². The molecule has 0 spiro atoms. The van der Waals surface area contributed by atoms with E-state index in [1.165, 1.54) is 0 Å². The van der Waals surface area contributed by atoms with Crippen LogP contribution in [0.25, 0.3) is 0 Å². The molecule has 1 aromatic heterocycles. The Kier molecular flexibility index (Phi) is 3.91. The van der Waals surface area contributed by atoms with Crippen molar-refractivity contribution in [1.29, 1.82) is 0 Å². The van der Waals surface area contributed by atoms with Gasteiger partial charge < -0.3 is 5.11 Å². The second kappa shape index (κ2) is 5.30. The Bertz CT molecular complexity index is 558. The zero-order chi connectivity index (χ0) is 14.0. The van der Waals surface area contributed by atoms with Crippen molar-refractivity contribution in [2.24, 2.45) is 5.92 Å². The molecule has 0 atom stereocenters. The molecule has 8 heteroatoms. The summed E-state index contributed by atoms with van der Waals surface area (Å²) in [4.78, 5) is 10.9. The number of carbonyl (C=O) groups is 1. The summed E-state index contributed by atoms with van der Waals surface area (Å²) in [6.45, 7) is 2.14. The summed E-state index contributed by atoms with van der Waals surface area (Å²) in [5.74, 6) is -0.700. The third kappa shape index (κ3) is 3.13. The Labute approximate surface area is 111 Å². The number of hydrogen-bond acceptors (Lipinski definition) is 4. The van der Waals surface area contributed by atoms with E-state index in [9.17, 15) is 13.2 Å². The highest BCUT2D eigenvalue weighted by Crippen LogP contribution is 2.24. The van der Waals surface area contributed by atoms with Crippen molar-refractivity contribution >= 4 is 16.0 Å². The van der Waals surface area contributed by atoms with E-state index in [1.54, 1.807) is 0 Å². The number of nitrogens with one attached hydrogen (secondary N) is 2. The predicted molar refractivity (Wildman–Crippen MR) is 67.3 cm³/mol. The highest BCUT2D eigenvalue weighted by molar-refractivity contribution is 7.89. The van der Waals surface area contributed by atoms with Crippen LogP contribution in [0.2, 0.25) is 0 Å². The maximum Gasteiger partial charge on any atom is 0.340 e. The lowest BCUT2D eigenvalue weighted by molar-refractivity contribution is 0.0692. The fourth-order valence-electron chi connectivity index (χ4n) is 2.29. The van der Waals surface area contributed by atoms with Crippen LogP contribution in [0.1, 0.15) is 43.0 Å². The quantitative estimate of drug-likeness (QED) is 0.763. The highest BCUT2D eigenvalue weighted by Gasteiger charge is 2.28. The molecule has 3 N–H and O–H groups in total. The van der Waals surface area contributed by atoms with E-state index < -0.39 is 16.0 Å². The second-order valence-electron chi connectivity index (χ2n) is 5.00. The van der Waals surface area contributed by atoms with Crippen molar-refractivity contribution in [3.8, 4) is 0 Å². The van der Waals surface area contributed by atoms with Gasteiger partial charge in [0.25, 0.3) is 10.0 Å². The smallest absolute Gasteiger partial charge is 0.340 e. The number of aromatic nitrogens is 2. The van der Waals surface area contributed by atoms with Gasteiger partial charge in [-0.05, 0) is 31.6 Å². The van der Waals surface area contributed by atoms with Crippen LogP contribution in [0, 0.1) is 5.92 Å². The van der Waals surface area contributed by atoms with Crippen molar-refractivity contribution in [2.75, 3.05) is 0 Å². The standard InChI is InChI=1S/C11H17N3O4S/c1-7-2-4-8(5-3-7)14-19(17,18)10-9(11(15)16)6-12-13-10/h6-8,14H,2-5H2,1H3,(H,12,13)(H,15,16). The van der Waals surface area contributed by atoms with Gasteiger partial charge in [-0.1, -0.05) is 6.92 Å². The third-order valence-electron chi connectivity index (χ3n) is 3.44. The molecule has 0 aromatic carbocycles. The Morgan fingerprint density at radius 3 is 2.63 bits per heavy atom. The van der Waals surface area contributed by atoms with Crippen LogP contribution in [0.3, 0.4) is 0 Å². The van der Waals surface area contributed by atoms with Gasteiger partial charge >= 0.3 is 5.97 Å².